The summed E-state index contributed by atoms with van der Waals surface area (Å²) in [7, 11) is 3.33. The fourth-order valence-corrected chi connectivity index (χ4v) is 2.11. The molecular formula is C17H20O3. The lowest BCUT2D eigenvalue weighted by Gasteiger charge is -2.18. The molecule has 0 saturated heterocycles. The second-order valence-electron chi connectivity index (χ2n) is 4.38. The molecule has 2 aromatic rings. The average Bonchev–Trinajstić information content (AvgIpc) is 2.53. The zero-order chi connectivity index (χ0) is 14.4. The Hall–Kier alpha value is -2.00. The molecule has 2 aromatic carbocycles. The van der Waals surface area contributed by atoms with Crippen LogP contribution in [-0.4, -0.2) is 20.8 Å². The topological polar surface area (TPSA) is 27.7 Å². The summed E-state index contributed by atoms with van der Waals surface area (Å²) in [4.78, 5) is 0. The van der Waals surface area contributed by atoms with Gasteiger partial charge in [-0.15, -0.1) is 0 Å². The predicted octanol–water partition coefficient (Wildman–Crippen LogP) is 3.83. The number of hydrogen-bond donors (Lipinski definition) is 0. The van der Waals surface area contributed by atoms with Crippen molar-refractivity contribution in [2.45, 2.75) is 13.0 Å². The van der Waals surface area contributed by atoms with Gasteiger partial charge in [0.15, 0.2) is 0 Å². The summed E-state index contributed by atoms with van der Waals surface area (Å²) < 4.78 is 16.3. The fraction of sp³-hybridized carbons (Fsp3) is 0.294. The van der Waals surface area contributed by atoms with Crippen molar-refractivity contribution < 1.29 is 14.2 Å². The van der Waals surface area contributed by atoms with Crippen molar-refractivity contribution in [1.82, 2.24) is 0 Å². The van der Waals surface area contributed by atoms with Crippen LogP contribution in [0.2, 0.25) is 0 Å². The molecule has 0 radical (unpaired) electrons. The Morgan fingerprint density at radius 3 is 1.45 bits per heavy atom. The van der Waals surface area contributed by atoms with Crippen molar-refractivity contribution in [3.63, 3.8) is 0 Å². The van der Waals surface area contributed by atoms with Crippen molar-refractivity contribution >= 4 is 0 Å². The SMILES string of the molecule is CCOC(c1ccc(OC)cc1)c1ccc(OC)cc1. The van der Waals surface area contributed by atoms with Crippen LogP contribution in [0.3, 0.4) is 0 Å². The predicted molar refractivity (Wildman–Crippen MR) is 79.5 cm³/mol. The van der Waals surface area contributed by atoms with Gasteiger partial charge in [-0.05, 0) is 42.3 Å². The number of rotatable bonds is 6. The van der Waals surface area contributed by atoms with Crippen molar-refractivity contribution in [3.8, 4) is 11.5 Å². The van der Waals surface area contributed by atoms with Gasteiger partial charge in [0, 0.05) is 6.61 Å². The third kappa shape index (κ3) is 3.31. The standard InChI is InChI=1S/C17H20O3/c1-4-20-17(13-5-9-15(18-2)10-6-13)14-7-11-16(19-3)12-8-14/h5-12,17H,4H2,1-3H3. The van der Waals surface area contributed by atoms with E-state index in [0.717, 1.165) is 22.6 Å². The molecule has 3 nitrogen and oxygen atoms in total. The van der Waals surface area contributed by atoms with E-state index in [1.165, 1.54) is 0 Å². The lowest BCUT2D eigenvalue weighted by molar-refractivity contribution is 0.0913. The highest BCUT2D eigenvalue weighted by molar-refractivity contribution is 5.36. The van der Waals surface area contributed by atoms with Crippen LogP contribution >= 0.6 is 0 Å². The van der Waals surface area contributed by atoms with Crippen LogP contribution in [0.5, 0.6) is 11.5 Å². The Morgan fingerprint density at radius 2 is 1.15 bits per heavy atom. The maximum atomic E-state index is 5.88. The molecule has 0 aromatic heterocycles. The number of hydrogen-bond acceptors (Lipinski definition) is 3. The Morgan fingerprint density at radius 1 is 0.750 bits per heavy atom. The van der Waals surface area contributed by atoms with Crippen molar-refractivity contribution in [2.24, 2.45) is 0 Å². The summed E-state index contributed by atoms with van der Waals surface area (Å²) in [5, 5.41) is 0. The quantitative estimate of drug-likeness (QED) is 0.800. The molecule has 0 aliphatic rings. The monoisotopic (exact) mass is 272 g/mol. The molecule has 0 unspecified atom stereocenters. The van der Waals surface area contributed by atoms with Crippen molar-refractivity contribution in [3.05, 3.63) is 59.7 Å². The Labute approximate surface area is 120 Å². The zero-order valence-electron chi connectivity index (χ0n) is 12.1. The summed E-state index contributed by atoms with van der Waals surface area (Å²) in [5.74, 6) is 1.69. The molecule has 0 aliphatic carbocycles. The lowest BCUT2D eigenvalue weighted by Crippen LogP contribution is -2.06. The molecule has 2 rings (SSSR count). The number of ether oxygens (including phenoxy) is 3. The highest BCUT2D eigenvalue weighted by Gasteiger charge is 2.14. The summed E-state index contributed by atoms with van der Waals surface area (Å²) in [6.45, 7) is 2.66. The average molecular weight is 272 g/mol. The molecule has 0 aliphatic heterocycles. The molecule has 0 N–H and O–H groups in total. The molecular weight excluding hydrogens is 252 g/mol. The Bertz CT molecular complexity index is 469. The van der Waals surface area contributed by atoms with E-state index >= 15 is 0 Å². The molecule has 0 fully saturated rings. The van der Waals surface area contributed by atoms with E-state index in [1.54, 1.807) is 14.2 Å². The molecule has 20 heavy (non-hydrogen) atoms. The normalized spacial score (nSPS) is 10.6. The molecule has 0 saturated carbocycles. The smallest absolute Gasteiger partial charge is 0.118 e. The van der Waals surface area contributed by atoms with Crippen LogP contribution in [0.15, 0.2) is 48.5 Å². The largest absolute Gasteiger partial charge is 0.497 e. The minimum absolute atomic E-state index is 0.0724. The summed E-state index contributed by atoms with van der Waals surface area (Å²) in [6.07, 6.45) is -0.0724. The Balaban J connectivity index is 2.28. The van der Waals surface area contributed by atoms with Gasteiger partial charge >= 0.3 is 0 Å². The lowest BCUT2D eigenvalue weighted by atomic mass is 10.0. The maximum absolute atomic E-state index is 5.88. The second kappa shape index (κ2) is 6.96. The van der Waals surface area contributed by atoms with Gasteiger partial charge in [0.1, 0.15) is 17.6 Å². The van der Waals surface area contributed by atoms with Gasteiger partial charge in [0.25, 0.3) is 0 Å². The van der Waals surface area contributed by atoms with Crippen LogP contribution < -0.4 is 9.47 Å². The van der Waals surface area contributed by atoms with Gasteiger partial charge in [-0.2, -0.15) is 0 Å². The number of methoxy groups -OCH3 is 2. The van der Waals surface area contributed by atoms with Gasteiger partial charge in [-0.3, -0.25) is 0 Å². The van der Waals surface area contributed by atoms with Crippen molar-refractivity contribution in [1.29, 1.82) is 0 Å². The van der Waals surface area contributed by atoms with Gasteiger partial charge in [-0.25, -0.2) is 0 Å². The number of benzene rings is 2. The van der Waals surface area contributed by atoms with Crippen LogP contribution in [0, 0.1) is 0 Å². The first-order chi connectivity index (χ1) is 9.78. The van der Waals surface area contributed by atoms with E-state index in [2.05, 4.69) is 0 Å². The van der Waals surface area contributed by atoms with Crippen LogP contribution in [0.4, 0.5) is 0 Å². The van der Waals surface area contributed by atoms with Crippen LogP contribution in [0.1, 0.15) is 24.2 Å². The fourth-order valence-electron chi connectivity index (χ4n) is 2.11. The third-order valence-corrected chi connectivity index (χ3v) is 3.17. The van der Waals surface area contributed by atoms with Gasteiger partial charge in [0.2, 0.25) is 0 Å². The third-order valence-electron chi connectivity index (χ3n) is 3.17. The van der Waals surface area contributed by atoms with Gasteiger partial charge < -0.3 is 14.2 Å². The van der Waals surface area contributed by atoms with E-state index in [-0.39, 0.29) is 6.10 Å². The minimum Gasteiger partial charge on any atom is -0.497 e. The van der Waals surface area contributed by atoms with Crippen molar-refractivity contribution in [2.75, 3.05) is 20.8 Å². The van der Waals surface area contributed by atoms with E-state index in [9.17, 15) is 0 Å². The molecule has 0 bridgehead atoms. The van der Waals surface area contributed by atoms with E-state index in [1.807, 2.05) is 55.5 Å². The van der Waals surface area contributed by atoms with E-state index in [0.29, 0.717) is 6.61 Å². The summed E-state index contributed by atoms with van der Waals surface area (Å²) in [6, 6.07) is 15.9. The van der Waals surface area contributed by atoms with Gasteiger partial charge in [0.05, 0.1) is 14.2 Å². The van der Waals surface area contributed by atoms with E-state index in [4.69, 9.17) is 14.2 Å². The zero-order valence-corrected chi connectivity index (χ0v) is 12.1. The first-order valence-electron chi connectivity index (χ1n) is 6.68. The molecule has 0 heterocycles. The summed E-state index contributed by atoms with van der Waals surface area (Å²) in [5.41, 5.74) is 2.22. The molecule has 0 spiro atoms. The molecule has 0 atom stereocenters. The minimum atomic E-state index is -0.0724. The van der Waals surface area contributed by atoms with E-state index < -0.39 is 0 Å². The summed E-state index contributed by atoms with van der Waals surface area (Å²) >= 11 is 0. The maximum Gasteiger partial charge on any atom is 0.118 e. The Kier molecular flexibility index (Phi) is 5.02. The highest BCUT2D eigenvalue weighted by atomic mass is 16.5. The highest BCUT2D eigenvalue weighted by Crippen LogP contribution is 2.28. The first-order valence-corrected chi connectivity index (χ1v) is 6.68. The molecule has 106 valence electrons. The van der Waals surface area contributed by atoms with Gasteiger partial charge in [-0.1, -0.05) is 24.3 Å². The first kappa shape index (κ1) is 14.4. The second-order valence-corrected chi connectivity index (χ2v) is 4.38. The van der Waals surface area contributed by atoms with Crippen LogP contribution in [-0.2, 0) is 4.74 Å². The van der Waals surface area contributed by atoms with Crippen LogP contribution in [0.25, 0.3) is 0 Å². The molecule has 0 amide bonds. The molecule has 3 heteroatoms.